The van der Waals surface area contributed by atoms with Crippen molar-refractivity contribution in [1.82, 2.24) is 9.13 Å². The van der Waals surface area contributed by atoms with Gasteiger partial charge < -0.3 is 9.64 Å². The second-order valence-corrected chi connectivity index (χ2v) is 6.48. The molecule has 1 heterocycles. The quantitative estimate of drug-likeness (QED) is 0.586. The normalized spacial score (nSPS) is 10.9. The smallest absolute Gasteiger partial charge is 0.331 e. The molecule has 0 fully saturated rings. The Kier molecular flexibility index (Phi) is 6.06. The van der Waals surface area contributed by atoms with Crippen LogP contribution in [0.2, 0.25) is 0 Å². The molecule has 146 valence electrons. The van der Waals surface area contributed by atoms with Crippen molar-refractivity contribution in [2.24, 2.45) is 0 Å². The van der Waals surface area contributed by atoms with Crippen LogP contribution in [0.3, 0.4) is 0 Å². The number of carbonyl (C=O) groups is 1. The first kappa shape index (κ1) is 19.6. The summed E-state index contributed by atoms with van der Waals surface area (Å²) in [6, 6.07) is 16.1. The van der Waals surface area contributed by atoms with Crippen molar-refractivity contribution in [2.45, 2.75) is 19.5 Å². The van der Waals surface area contributed by atoms with Gasteiger partial charge in [-0.3, -0.25) is 18.7 Å². The molecule has 0 aliphatic carbocycles. The maximum Gasteiger partial charge on any atom is 0.331 e. The van der Waals surface area contributed by atoms with Gasteiger partial charge in [0.2, 0.25) is 5.91 Å². The van der Waals surface area contributed by atoms with Crippen molar-refractivity contribution < 1.29 is 9.53 Å². The Morgan fingerprint density at radius 3 is 2.39 bits per heavy atom. The number of hydrogen-bond acceptors (Lipinski definition) is 4. The molecule has 0 bridgehead atoms. The first-order chi connectivity index (χ1) is 13.5. The van der Waals surface area contributed by atoms with Crippen molar-refractivity contribution in [3.8, 4) is 0 Å². The van der Waals surface area contributed by atoms with Crippen LogP contribution in [0.5, 0.6) is 0 Å². The fraction of sp³-hybridized carbons (Fsp3) is 0.286. The van der Waals surface area contributed by atoms with Gasteiger partial charge in [0.05, 0.1) is 10.9 Å². The Morgan fingerprint density at radius 2 is 1.68 bits per heavy atom. The number of methoxy groups -OCH3 is 1. The molecule has 1 amide bonds. The zero-order valence-electron chi connectivity index (χ0n) is 16.0. The number of amides is 1. The summed E-state index contributed by atoms with van der Waals surface area (Å²) in [5, 5.41) is 0.412. The summed E-state index contributed by atoms with van der Waals surface area (Å²) in [4.78, 5) is 40.1. The Morgan fingerprint density at radius 1 is 1.00 bits per heavy atom. The SMILES string of the molecule is COCCCn1c(=O)c2ccccc2n(CC(=O)N(C)c2ccccc2)c1=O. The first-order valence-electron chi connectivity index (χ1n) is 9.07. The Bertz CT molecular complexity index is 1090. The van der Waals surface area contributed by atoms with E-state index in [4.69, 9.17) is 4.74 Å². The van der Waals surface area contributed by atoms with E-state index in [1.165, 1.54) is 14.0 Å². The van der Waals surface area contributed by atoms with E-state index in [2.05, 4.69) is 0 Å². The minimum Gasteiger partial charge on any atom is -0.385 e. The molecule has 0 aliphatic heterocycles. The van der Waals surface area contributed by atoms with Gasteiger partial charge in [0.25, 0.3) is 5.56 Å². The Hall–Kier alpha value is -3.19. The van der Waals surface area contributed by atoms with Gasteiger partial charge in [-0.15, -0.1) is 0 Å². The topological polar surface area (TPSA) is 73.5 Å². The molecule has 28 heavy (non-hydrogen) atoms. The molecule has 3 aromatic rings. The number of ether oxygens (including phenoxy) is 1. The van der Waals surface area contributed by atoms with Crippen LogP contribution in [0.1, 0.15) is 6.42 Å². The van der Waals surface area contributed by atoms with Crippen molar-refractivity contribution in [3.05, 3.63) is 75.4 Å². The molecule has 0 saturated heterocycles. The third-order valence-electron chi connectivity index (χ3n) is 4.67. The molecule has 7 heteroatoms. The lowest BCUT2D eigenvalue weighted by molar-refractivity contribution is -0.118. The fourth-order valence-corrected chi connectivity index (χ4v) is 3.12. The van der Waals surface area contributed by atoms with Gasteiger partial charge in [0.1, 0.15) is 6.54 Å². The van der Waals surface area contributed by atoms with Gasteiger partial charge in [-0.25, -0.2) is 4.79 Å². The maximum absolute atomic E-state index is 13.0. The van der Waals surface area contributed by atoms with Crippen LogP contribution in [0.25, 0.3) is 10.9 Å². The molecular weight excluding hydrogens is 358 g/mol. The largest absolute Gasteiger partial charge is 0.385 e. The van der Waals surface area contributed by atoms with E-state index < -0.39 is 5.69 Å². The van der Waals surface area contributed by atoms with E-state index >= 15 is 0 Å². The summed E-state index contributed by atoms with van der Waals surface area (Å²) in [5.41, 5.74) is 0.347. The highest BCUT2D eigenvalue weighted by molar-refractivity contribution is 5.93. The van der Waals surface area contributed by atoms with Gasteiger partial charge in [-0.2, -0.15) is 0 Å². The molecular formula is C21H23N3O4. The monoisotopic (exact) mass is 381 g/mol. The number of carbonyl (C=O) groups excluding carboxylic acids is 1. The summed E-state index contributed by atoms with van der Waals surface area (Å²) >= 11 is 0. The average molecular weight is 381 g/mol. The van der Waals surface area contributed by atoms with Gasteiger partial charge in [-0.05, 0) is 30.7 Å². The average Bonchev–Trinajstić information content (AvgIpc) is 2.73. The highest BCUT2D eigenvalue weighted by Gasteiger charge is 2.17. The lowest BCUT2D eigenvalue weighted by Gasteiger charge is -2.19. The Balaban J connectivity index is 2.03. The molecule has 0 aliphatic rings. The third-order valence-corrected chi connectivity index (χ3v) is 4.67. The van der Waals surface area contributed by atoms with Gasteiger partial charge >= 0.3 is 5.69 Å². The zero-order chi connectivity index (χ0) is 20.1. The number of likely N-dealkylation sites (N-methyl/N-ethyl adjacent to an activating group) is 1. The van der Waals surface area contributed by atoms with E-state index in [9.17, 15) is 14.4 Å². The molecule has 0 saturated carbocycles. The van der Waals surface area contributed by atoms with Crippen molar-refractivity contribution in [1.29, 1.82) is 0 Å². The predicted molar refractivity (Wildman–Crippen MR) is 109 cm³/mol. The van der Waals surface area contributed by atoms with Crippen molar-refractivity contribution in [2.75, 3.05) is 25.7 Å². The third kappa shape index (κ3) is 3.89. The summed E-state index contributed by atoms with van der Waals surface area (Å²) in [5.74, 6) is -0.249. The van der Waals surface area contributed by atoms with Crippen LogP contribution in [0.4, 0.5) is 5.69 Å². The number of benzene rings is 2. The summed E-state index contributed by atoms with van der Waals surface area (Å²) < 4.78 is 7.57. The maximum atomic E-state index is 13.0. The molecule has 7 nitrogen and oxygen atoms in total. The molecule has 0 N–H and O–H groups in total. The minimum absolute atomic E-state index is 0.157. The van der Waals surface area contributed by atoms with Crippen molar-refractivity contribution >= 4 is 22.5 Å². The van der Waals surface area contributed by atoms with Crippen LogP contribution in [-0.2, 0) is 22.6 Å². The predicted octanol–water partition coefficient (Wildman–Crippen LogP) is 1.86. The van der Waals surface area contributed by atoms with E-state index in [0.29, 0.717) is 23.9 Å². The highest BCUT2D eigenvalue weighted by Crippen LogP contribution is 2.13. The first-order valence-corrected chi connectivity index (χ1v) is 9.07. The second-order valence-electron chi connectivity index (χ2n) is 6.48. The van der Waals surface area contributed by atoms with Gasteiger partial charge in [-0.1, -0.05) is 30.3 Å². The van der Waals surface area contributed by atoms with E-state index in [1.54, 1.807) is 38.4 Å². The van der Waals surface area contributed by atoms with Crippen LogP contribution in [0, 0.1) is 0 Å². The highest BCUT2D eigenvalue weighted by atomic mass is 16.5. The van der Waals surface area contributed by atoms with Crippen LogP contribution in [-0.4, -0.2) is 35.8 Å². The standard InChI is InChI=1S/C21H23N3O4/c1-22(16-9-4-3-5-10-16)19(25)15-24-18-12-7-6-11-17(18)20(26)23(21(24)27)13-8-14-28-2/h3-7,9-12H,8,13-15H2,1-2H3. The summed E-state index contributed by atoms with van der Waals surface area (Å²) in [6.45, 7) is 0.517. The second kappa shape index (κ2) is 8.67. The number of anilines is 1. The molecule has 2 aromatic carbocycles. The van der Waals surface area contributed by atoms with E-state index in [-0.39, 0.29) is 24.6 Å². The molecule has 0 spiro atoms. The van der Waals surface area contributed by atoms with Crippen molar-refractivity contribution in [3.63, 3.8) is 0 Å². The lowest BCUT2D eigenvalue weighted by atomic mass is 10.2. The minimum atomic E-state index is -0.491. The van der Waals surface area contributed by atoms with Crippen LogP contribution < -0.4 is 16.1 Å². The van der Waals surface area contributed by atoms with Crippen LogP contribution >= 0.6 is 0 Å². The number of nitrogens with zero attached hydrogens (tertiary/aromatic N) is 3. The Labute approximate surface area is 162 Å². The molecule has 0 unspecified atom stereocenters. The van der Waals surface area contributed by atoms with Gasteiger partial charge in [0.15, 0.2) is 0 Å². The summed E-state index contributed by atoms with van der Waals surface area (Å²) in [6.07, 6.45) is 0.530. The number of para-hydroxylation sites is 2. The number of rotatable bonds is 7. The number of fused-ring (bicyclic) bond motifs is 1. The fourth-order valence-electron chi connectivity index (χ4n) is 3.12. The number of hydrogen-bond donors (Lipinski definition) is 0. The van der Waals surface area contributed by atoms with Gasteiger partial charge in [0, 0.05) is 33.0 Å². The number of aromatic nitrogens is 2. The van der Waals surface area contributed by atoms with E-state index in [0.717, 1.165) is 5.69 Å². The van der Waals surface area contributed by atoms with Crippen LogP contribution in [0.15, 0.2) is 64.2 Å². The summed E-state index contributed by atoms with van der Waals surface area (Å²) in [7, 11) is 3.24. The molecule has 3 rings (SSSR count). The lowest BCUT2D eigenvalue weighted by Crippen LogP contribution is -2.43. The molecule has 1 aromatic heterocycles. The van der Waals surface area contributed by atoms with E-state index in [1.807, 2.05) is 30.3 Å². The molecule has 0 radical (unpaired) electrons. The zero-order valence-corrected chi connectivity index (χ0v) is 16.0. The molecule has 0 atom stereocenters.